The lowest BCUT2D eigenvalue weighted by atomic mass is 10.2. The van der Waals surface area contributed by atoms with E-state index in [1.807, 2.05) is 0 Å². The molecule has 0 atom stereocenters. The number of benzene rings is 1. The molecule has 2 aromatic rings. The van der Waals surface area contributed by atoms with Crippen LogP contribution in [-0.2, 0) is 7.05 Å². The molecule has 1 N–H and O–H groups in total. The Hall–Kier alpha value is -2.04. The molecule has 0 amide bonds. The van der Waals surface area contributed by atoms with Crippen molar-refractivity contribution in [3.05, 3.63) is 34.2 Å². The summed E-state index contributed by atoms with van der Waals surface area (Å²) in [5.74, 6) is 0. The quantitative estimate of drug-likeness (QED) is 0.525. The number of hydrogen-bond donors (Lipinski definition) is 1. The second kappa shape index (κ2) is 2.73. The lowest BCUT2D eigenvalue weighted by Gasteiger charge is -1.94. The second-order valence-electron chi connectivity index (χ2n) is 3.02. The van der Waals surface area contributed by atoms with E-state index in [1.165, 1.54) is 17.7 Å². The Labute approximate surface area is 78.8 Å². The molecule has 1 heterocycles. The first kappa shape index (κ1) is 8.55. The summed E-state index contributed by atoms with van der Waals surface area (Å²) in [7, 11) is 1.53. The third kappa shape index (κ3) is 0.953. The van der Waals surface area contributed by atoms with E-state index in [0.717, 1.165) is 0 Å². The van der Waals surface area contributed by atoms with Crippen LogP contribution in [-0.4, -0.2) is 20.8 Å². The van der Waals surface area contributed by atoms with Crippen LogP contribution in [0.3, 0.4) is 0 Å². The maximum absolute atomic E-state index is 11.3. The number of carbonyl (C=O) groups is 1. The van der Waals surface area contributed by atoms with Crippen LogP contribution in [0.4, 0.5) is 0 Å². The molecule has 14 heavy (non-hydrogen) atoms. The molecule has 1 aromatic heterocycles. The highest BCUT2D eigenvalue weighted by atomic mass is 16.5. The normalized spacial score (nSPS) is 10.6. The summed E-state index contributed by atoms with van der Waals surface area (Å²) in [4.78, 5) is 21.8. The summed E-state index contributed by atoms with van der Waals surface area (Å²) in [5.41, 5.74) is 0.868. The van der Waals surface area contributed by atoms with Crippen molar-refractivity contribution in [3.8, 4) is 0 Å². The molecule has 2 rings (SSSR count). The molecule has 0 fully saturated rings. The van der Waals surface area contributed by atoms with Crippen LogP contribution < -0.4 is 5.69 Å². The molecule has 72 valence electrons. The van der Waals surface area contributed by atoms with Crippen LogP contribution in [0.1, 0.15) is 10.4 Å². The Morgan fingerprint density at radius 3 is 2.71 bits per heavy atom. The summed E-state index contributed by atoms with van der Waals surface area (Å²) in [6.45, 7) is 0. The van der Waals surface area contributed by atoms with Crippen LogP contribution in [0.25, 0.3) is 11.0 Å². The lowest BCUT2D eigenvalue weighted by Crippen LogP contribution is -2.19. The van der Waals surface area contributed by atoms with E-state index >= 15 is 0 Å². The first-order valence-corrected chi connectivity index (χ1v) is 4.01. The summed E-state index contributed by atoms with van der Waals surface area (Å²) in [5, 5.41) is 9.34. The van der Waals surface area contributed by atoms with Gasteiger partial charge in [-0.15, -0.1) is 4.73 Å². The van der Waals surface area contributed by atoms with Gasteiger partial charge in [0.15, 0.2) is 0 Å². The average Bonchev–Trinajstić information content (AvgIpc) is 2.44. The zero-order chi connectivity index (χ0) is 10.3. The smallest absolute Gasteiger partial charge is 0.361 e. The van der Waals surface area contributed by atoms with Gasteiger partial charge in [-0.3, -0.25) is 9.36 Å². The fraction of sp³-hybridized carbons (Fsp3) is 0.111. The monoisotopic (exact) mass is 192 g/mol. The summed E-state index contributed by atoms with van der Waals surface area (Å²) >= 11 is 0. The summed E-state index contributed by atoms with van der Waals surface area (Å²) in [6, 6.07) is 4.62. The third-order valence-electron chi connectivity index (χ3n) is 2.19. The van der Waals surface area contributed by atoms with E-state index in [2.05, 4.69) is 0 Å². The zero-order valence-corrected chi connectivity index (χ0v) is 7.47. The molecule has 0 spiro atoms. The van der Waals surface area contributed by atoms with Crippen molar-refractivity contribution < 1.29 is 10.0 Å². The number of carbonyl (C=O) groups excluding carboxylic acids is 1. The number of aldehydes is 1. The number of fused-ring (bicyclic) bond motifs is 1. The topological polar surface area (TPSA) is 64.2 Å². The van der Waals surface area contributed by atoms with Gasteiger partial charge in [-0.25, -0.2) is 4.79 Å². The van der Waals surface area contributed by atoms with E-state index in [-0.39, 0.29) is 0 Å². The van der Waals surface area contributed by atoms with Crippen LogP contribution in [0, 0.1) is 0 Å². The molecule has 5 nitrogen and oxygen atoms in total. The minimum atomic E-state index is -0.525. The van der Waals surface area contributed by atoms with Crippen LogP contribution in [0.2, 0.25) is 0 Å². The zero-order valence-electron chi connectivity index (χ0n) is 7.47. The van der Waals surface area contributed by atoms with Gasteiger partial charge in [0, 0.05) is 12.6 Å². The highest BCUT2D eigenvalue weighted by molar-refractivity contribution is 5.85. The molecule has 0 aliphatic carbocycles. The van der Waals surface area contributed by atoms with Crippen molar-refractivity contribution in [3.63, 3.8) is 0 Å². The number of hydrogen-bond acceptors (Lipinski definition) is 3. The molecular weight excluding hydrogens is 184 g/mol. The summed E-state index contributed by atoms with van der Waals surface area (Å²) in [6.07, 6.45) is 0.693. The number of nitrogens with zero attached hydrogens (tertiary/aromatic N) is 2. The summed E-state index contributed by atoms with van der Waals surface area (Å²) < 4.78 is 1.84. The molecule has 0 saturated heterocycles. The maximum Gasteiger partial charge on any atom is 0.361 e. The highest BCUT2D eigenvalue weighted by Gasteiger charge is 2.09. The molecule has 0 saturated carbocycles. The van der Waals surface area contributed by atoms with Crippen LogP contribution >= 0.6 is 0 Å². The SMILES string of the molecule is Cn1c(=O)n(O)c2ccc(C=O)cc21. The van der Waals surface area contributed by atoms with Gasteiger partial charge in [-0.2, -0.15) is 0 Å². The van der Waals surface area contributed by atoms with Crippen molar-refractivity contribution in [2.45, 2.75) is 0 Å². The molecule has 0 bridgehead atoms. The maximum atomic E-state index is 11.3. The Bertz CT molecular complexity index is 565. The molecule has 1 aromatic carbocycles. The van der Waals surface area contributed by atoms with E-state index in [9.17, 15) is 14.8 Å². The second-order valence-corrected chi connectivity index (χ2v) is 3.02. The van der Waals surface area contributed by atoms with Crippen molar-refractivity contribution in [1.82, 2.24) is 9.30 Å². The minimum Gasteiger partial charge on any atom is -0.424 e. The fourth-order valence-electron chi connectivity index (χ4n) is 1.41. The predicted molar refractivity (Wildman–Crippen MR) is 49.8 cm³/mol. The minimum absolute atomic E-state index is 0.392. The van der Waals surface area contributed by atoms with Crippen molar-refractivity contribution in [1.29, 1.82) is 0 Å². The number of imidazole rings is 1. The van der Waals surface area contributed by atoms with Crippen LogP contribution in [0.15, 0.2) is 23.0 Å². The van der Waals surface area contributed by atoms with Gasteiger partial charge in [-0.1, -0.05) is 0 Å². The molecule has 0 aliphatic heterocycles. The van der Waals surface area contributed by atoms with Gasteiger partial charge in [0.25, 0.3) is 0 Å². The van der Waals surface area contributed by atoms with Crippen LogP contribution in [0.5, 0.6) is 0 Å². The Morgan fingerprint density at radius 1 is 1.36 bits per heavy atom. The Morgan fingerprint density at radius 2 is 2.07 bits per heavy atom. The van der Waals surface area contributed by atoms with Crippen molar-refractivity contribution in [2.75, 3.05) is 0 Å². The number of aryl methyl sites for hydroxylation is 1. The van der Waals surface area contributed by atoms with Crippen molar-refractivity contribution in [2.24, 2.45) is 7.05 Å². The Kier molecular flexibility index (Phi) is 1.67. The number of rotatable bonds is 1. The first-order chi connectivity index (χ1) is 6.65. The van der Waals surface area contributed by atoms with Gasteiger partial charge in [0.1, 0.15) is 11.8 Å². The van der Waals surface area contributed by atoms with E-state index in [4.69, 9.17) is 0 Å². The molecule has 0 aliphatic rings. The molecule has 5 heteroatoms. The standard InChI is InChI=1S/C9H8N2O3/c1-10-8-4-6(5-12)2-3-7(8)11(14)9(10)13/h2-5,14H,1H3. The van der Waals surface area contributed by atoms with Gasteiger partial charge in [0.2, 0.25) is 0 Å². The predicted octanol–water partition coefficient (Wildman–Crippen LogP) is 0.390. The highest BCUT2D eigenvalue weighted by Crippen LogP contribution is 2.12. The molecular formula is C9H8N2O3. The van der Waals surface area contributed by atoms with Gasteiger partial charge < -0.3 is 5.21 Å². The average molecular weight is 192 g/mol. The van der Waals surface area contributed by atoms with E-state index in [0.29, 0.717) is 27.6 Å². The Balaban J connectivity index is 2.96. The van der Waals surface area contributed by atoms with E-state index < -0.39 is 5.69 Å². The first-order valence-electron chi connectivity index (χ1n) is 4.01. The van der Waals surface area contributed by atoms with E-state index in [1.54, 1.807) is 12.1 Å². The largest absolute Gasteiger partial charge is 0.424 e. The third-order valence-corrected chi connectivity index (χ3v) is 2.19. The fourth-order valence-corrected chi connectivity index (χ4v) is 1.41. The van der Waals surface area contributed by atoms with Gasteiger partial charge in [0.05, 0.1) is 5.52 Å². The number of aromatic nitrogens is 2. The lowest BCUT2D eigenvalue weighted by molar-refractivity contribution is 0.112. The van der Waals surface area contributed by atoms with Crippen molar-refractivity contribution >= 4 is 17.3 Å². The van der Waals surface area contributed by atoms with Gasteiger partial charge >= 0.3 is 5.69 Å². The molecule has 0 unspecified atom stereocenters. The van der Waals surface area contributed by atoms with Gasteiger partial charge in [-0.05, 0) is 18.2 Å². The molecule has 0 radical (unpaired) electrons.